The molecular weight excluding hydrogens is 878 g/mol. The number of carboxylic acid groups (broad SMARTS) is 6. The Morgan fingerprint density at radius 1 is 0.394 bits per heavy atom. The molecule has 0 amide bonds. The Labute approximate surface area is 385 Å². The molecular formula is C40H69N9O17-6. The zero-order chi connectivity index (χ0) is 48.9. The Hall–Kier alpha value is -3.74. The molecule has 0 aliphatic carbocycles. The zero-order valence-electron chi connectivity index (χ0n) is 37.9. The number of hydrogen-bond donors (Lipinski definition) is 3. The van der Waals surface area contributed by atoms with Gasteiger partial charge in [0.1, 0.15) is 0 Å². The number of ether oxygens (including phenoxy) is 2. The fourth-order valence-corrected chi connectivity index (χ4v) is 7.71. The van der Waals surface area contributed by atoms with Gasteiger partial charge in [-0.05, 0) is 0 Å². The van der Waals surface area contributed by atoms with Crippen molar-refractivity contribution in [3.8, 4) is 0 Å². The van der Waals surface area contributed by atoms with Crippen LogP contribution in [0.4, 0.5) is 0 Å². The zero-order valence-corrected chi connectivity index (χ0v) is 37.9. The number of hydrogen-bond acceptors (Lipinski definition) is 26. The van der Waals surface area contributed by atoms with Crippen molar-refractivity contribution >= 4 is 35.8 Å². The van der Waals surface area contributed by atoms with E-state index in [1.165, 1.54) is 9.80 Å². The number of nitrogens with zero attached hydrogens (tertiary/aromatic N) is 9. The first-order valence-corrected chi connectivity index (χ1v) is 22.2. The van der Waals surface area contributed by atoms with Crippen LogP contribution in [-0.4, -0.2) is 317 Å². The van der Waals surface area contributed by atoms with Crippen molar-refractivity contribution < 1.29 is 84.2 Å². The van der Waals surface area contributed by atoms with E-state index in [1.807, 2.05) is 9.80 Å². The SMILES string of the molecule is O=C([O-])CN1CCN(CC(=O)[O-])CCN(CC(O)CN(CCOCCOCCO)CC(O)CN2CCN(CC(=O)[O-])CCN(CC(=O)[O-])CCN(CC(=O)[O-])CC2)CCN(CC(=O)[O-])CC1. The summed E-state index contributed by atoms with van der Waals surface area (Å²) in [5.74, 6) is -8.03. The third-order valence-corrected chi connectivity index (χ3v) is 11.0. The van der Waals surface area contributed by atoms with Crippen molar-refractivity contribution in [3.05, 3.63) is 0 Å². The maximum absolute atomic E-state index is 11.6. The Morgan fingerprint density at radius 2 is 0.621 bits per heavy atom. The molecule has 2 atom stereocenters. The Kier molecular flexibility index (Phi) is 29.8. The molecule has 0 aromatic carbocycles. The van der Waals surface area contributed by atoms with Gasteiger partial charge in [-0.1, -0.05) is 0 Å². The van der Waals surface area contributed by atoms with Gasteiger partial charge in [0.15, 0.2) is 0 Å². The molecule has 0 aromatic rings. The minimum atomic E-state index is -1.34. The van der Waals surface area contributed by atoms with Gasteiger partial charge in [-0.15, -0.1) is 0 Å². The summed E-state index contributed by atoms with van der Waals surface area (Å²) in [5, 5.41) is 101. The molecule has 0 saturated carbocycles. The highest BCUT2D eigenvalue weighted by Crippen LogP contribution is 2.07. The van der Waals surface area contributed by atoms with Crippen molar-refractivity contribution in [1.82, 2.24) is 44.1 Å². The number of β-amino-alcohol motifs (C(OH)–C–C–N with tert-alkyl or cyclic N) is 2. The maximum Gasteiger partial charge on any atom is 0.0793 e. The second-order valence-corrected chi connectivity index (χ2v) is 16.5. The second kappa shape index (κ2) is 33.7. The molecule has 382 valence electrons. The lowest BCUT2D eigenvalue weighted by atomic mass is 10.2. The van der Waals surface area contributed by atoms with Crippen LogP contribution in [0, 0.1) is 0 Å². The predicted molar refractivity (Wildman–Crippen MR) is 219 cm³/mol. The summed E-state index contributed by atoms with van der Waals surface area (Å²) in [7, 11) is 0. The molecule has 2 aliphatic heterocycles. The summed E-state index contributed by atoms with van der Waals surface area (Å²) in [6.07, 6.45) is -2.12. The Bertz CT molecular complexity index is 1280. The molecule has 0 aromatic heterocycles. The lowest BCUT2D eigenvalue weighted by Gasteiger charge is -2.36. The smallest absolute Gasteiger partial charge is 0.0793 e. The van der Waals surface area contributed by atoms with E-state index in [1.54, 1.807) is 24.5 Å². The van der Waals surface area contributed by atoms with Gasteiger partial charge in [-0.2, -0.15) is 0 Å². The van der Waals surface area contributed by atoms with Crippen molar-refractivity contribution in [3.63, 3.8) is 0 Å². The van der Waals surface area contributed by atoms with Gasteiger partial charge in [-0.25, -0.2) is 0 Å². The average molecular weight is 948 g/mol. The molecule has 26 nitrogen and oxygen atoms in total. The lowest BCUT2D eigenvalue weighted by molar-refractivity contribution is -0.308. The molecule has 2 saturated heterocycles. The van der Waals surface area contributed by atoms with E-state index in [-0.39, 0.29) is 170 Å². The van der Waals surface area contributed by atoms with Gasteiger partial charge in [-0.3, -0.25) is 44.1 Å². The fourth-order valence-electron chi connectivity index (χ4n) is 7.71. The quantitative estimate of drug-likeness (QED) is 0.0613. The summed E-state index contributed by atoms with van der Waals surface area (Å²) < 4.78 is 11.0. The van der Waals surface area contributed by atoms with Gasteiger partial charge in [0.25, 0.3) is 0 Å². The van der Waals surface area contributed by atoms with Gasteiger partial charge < -0.3 is 84.2 Å². The summed E-state index contributed by atoms with van der Waals surface area (Å²) >= 11 is 0. The minimum absolute atomic E-state index is 0.0166. The highest BCUT2D eigenvalue weighted by atomic mass is 16.5. The second-order valence-electron chi connectivity index (χ2n) is 16.5. The Balaban J connectivity index is 2.27. The summed E-state index contributed by atoms with van der Waals surface area (Å²) in [4.78, 5) is 84.2. The molecule has 2 heterocycles. The molecule has 2 unspecified atom stereocenters. The molecule has 3 N–H and O–H groups in total. The van der Waals surface area contributed by atoms with E-state index in [0.29, 0.717) is 0 Å². The van der Waals surface area contributed by atoms with E-state index in [4.69, 9.17) is 14.6 Å². The van der Waals surface area contributed by atoms with Crippen LogP contribution in [0.3, 0.4) is 0 Å². The number of carbonyl (C=O) groups is 6. The van der Waals surface area contributed by atoms with Crippen LogP contribution in [0.25, 0.3) is 0 Å². The van der Waals surface area contributed by atoms with Crippen molar-refractivity contribution in [2.45, 2.75) is 12.2 Å². The number of rotatable bonds is 28. The number of aliphatic carboxylic acids is 6. The van der Waals surface area contributed by atoms with Crippen LogP contribution >= 0.6 is 0 Å². The van der Waals surface area contributed by atoms with E-state index in [9.17, 15) is 69.6 Å². The molecule has 0 spiro atoms. The summed E-state index contributed by atoms with van der Waals surface area (Å²) in [6, 6.07) is 0. The molecule has 0 radical (unpaired) electrons. The number of aliphatic hydroxyl groups is 3. The van der Waals surface area contributed by atoms with Crippen LogP contribution in [0.2, 0.25) is 0 Å². The first kappa shape index (κ1) is 58.4. The molecule has 66 heavy (non-hydrogen) atoms. The first-order chi connectivity index (χ1) is 31.4. The standard InChI is InChI=1S/C40H75N9O17/c50-18-20-66-22-21-65-19-17-49(25-33(51)23-41-1-5-43(27-35(53)54)9-13-47(31-39(61)62)14-10-44(6-2-41)28-36(55)56)26-34(52)24-42-3-7-45(29-37(57)58)11-15-48(32-40(63)64)16-12-46(8-4-42)30-38(59)60/h33-34,50-52H,1-32H2,(H,53,54)(H,55,56)(H,57,58)(H,59,60)(H,61,62)(H,63,64)/p-6. The summed E-state index contributed by atoms with van der Waals surface area (Å²) in [6.45, 7) is 1.15. The minimum Gasteiger partial charge on any atom is -0.549 e. The number of aliphatic hydroxyl groups excluding tert-OH is 3. The summed E-state index contributed by atoms with van der Waals surface area (Å²) in [5.41, 5.74) is 0. The normalized spacial score (nSPS) is 19.8. The van der Waals surface area contributed by atoms with Crippen molar-refractivity contribution in [2.24, 2.45) is 0 Å². The topological polar surface area (TPSA) is 349 Å². The van der Waals surface area contributed by atoms with Crippen molar-refractivity contribution in [2.75, 3.05) is 210 Å². The van der Waals surface area contributed by atoms with E-state index >= 15 is 0 Å². The number of carbonyl (C=O) groups excluding carboxylic acids is 6. The van der Waals surface area contributed by atoms with E-state index in [0.717, 1.165) is 0 Å². The average Bonchev–Trinajstić information content (AvgIpc) is 3.21. The lowest BCUT2D eigenvalue weighted by Crippen LogP contribution is -2.53. The third kappa shape index (κ3) is 29.1. The number of carboxylic acids is 6. The van der Waals surface area contributed by atoms with E-state index < -0.39 is 87.3 Å². The largest absolute Gasteiger partial charge is 0.549 e. The highest BCUT2D eigenvalue weighted by molar-refractivity contribution is 5.68. The maximum atomic E-state index is 11.6. The van der Waals surface area contributed by atoms with Crippen LogP contribution < -0.4 is 30.6 Å². The Morgan fingerprint density at radius 3 is 0.848 bits per heavy atom. The van der Waals surface area contributed by atoms with Gasteiger partial charge in [0, 0.05) is 177 Å². The third-order valence-electron chi connectivity index (χ3n) is 11.0. The van der Waals surface area contributed by atoms with Crippen LogP contribution in [0.15, 0.2) is 0 Å². The molecule has 2 fully saturated rings. The highest BCUT2D eigenvalue weighted by Gasteiger charge is 2.24. The molecule has 2 rings (SSSR count). The van der Waals surface area contributed by atoms with Gasteiger partial charge in [0.05, 0.1) is 81.1 Å². The van der Waals surface area contributed by atoms with Crippen molar-refractivity contribution in [1.29, 1.82) is 0 Å². The first-order valence-electron chi connectivity index (χ1n) is 22.2. The van der Waals surface area contributed by atoms with Crippen LogP contribution in [0.5, 0.6) is 0 Å². The fraction of sp³-hybridized carbons (Fsp3) is 0.850. The van der Waals surface area contributed by atoms with Crippen LogP contribution in [0.1, 0.15) is 0 Å². The van der Waals surface area contributed by atoms with Gasteiger partial charge in [0.2, 0.25) is 0 Å². The van der Waals surface area contributed by atoms with Crippen LogP contribution in [-0.2, 0) is 38.2 Å². The van der Waals surface area contributed by atoms with Gasteiger partial charge >= 0.3 is 0 Å². The monoisotopic (exact) mass is 947 g/mol. The predicted octanol–water partition coefficient (Wildman–Crippen LogP) is -14.0. The molecule has 26 heteroatoms. The molecule has 2 aliphatic rings. The van der Waals surface area contributed by atoms with E-state index in [2.05, 4.69) is 0 Å². The molecule has 0 bridgehead atoms.